The molecule has 1 saturated carbocycles. The predicted octanol–water partition coefficient (Wildman–Crippen LogP) is 4.03. The van der Waals surface area contributed by atoms with Gasteiger partial charge in [0.25, 0.3) is 0 Å². The lowest BCUT2D eigenvalue weighted by Crippen LogP contribution is -2.57. The first kappa shape index (κ1) is 25.7. The van der Waals surface area contributed by atoms with E-state index in [1.807, 2.05) is 36.4 Å². The van der Waals surface area contributed by atoms with Crippen molar-refractivity contribution in [2.75, 3.05) is 11.9 Å². The minimum Gasteiger partial charge on any atom is -0.359 e. The number of nitrogens with zero attached hydrogens (tertiary/aromatic N) is 1. The monoisotopic (exact) mass is 505 g/mol. The van der Waals surface area contributed by atoms with Gasteiger partial charge in [-0.1, -0.05) is 70.9 Å². The number of fused-ring (bicyclic) bond motifs is 1. The molecule has 3 heterocycles. The number of rotatable bonds is 7. The number of carbonyl (C=O) groups is 3. The van der Waals surface area contributed by atoms with Crippen LogP contribution < -0.4 is 10.6 Å². The van der Waals surface area contributed by atoms with Crippen LogP contribution in [0.4, 0.5) is 5.69 Å². The number of anilines is 1. The van der Waals surface area contributed by atoms with E-state index in [0.29, 0.717) is 23.4 Å². The van der Waals surface area contributed by atoms with Crippen LogP contribution in [-0.2, 0) is 19.1 Å². The lowest BCUT2D eigenvalue weighted by Gasteiger charge is -2.37. The fourth-order valence-corrected chi connectivity index (χ4v) is 6.83. The zero-order valence-electron chi connectivity index (χ0n) is 22.3. The van der Waals surface area contributed by atoms with Crippen LogP contribution >= 0.6 is 0 Å². The molecule has 37 heavy (non-hydrogen) atoms. The molecule has 0 radical (unpaired) electrons. The molecule has 7 nitrogen and oxygen atoms in total. The summed E-state index contributed by atoms with van der Waals surface area (Å²) in [4.78, 5) is 42.7. The Morgan fingerprint density at radius 1 is 1.19 bits per heavy atom. The molecule has 1 aromatic carbocycles. The van der Waals surface area contributed by atoms with Crippen LogP contribution in [0, 0.1) is 23.7 Å². The average Bonchev–Trinajstić information content (AvgIpc) is 3.50. The minimum atomic E-state index is -1.15. The van der Waals surface area contributed by atoms with E-state index >= 15 is 0 Å². The maximum absolute atomic E-state index is 13.8. The van der Waals surface area contributed by atoms with E-state index < -0.39 is 29.6 Å². The van der Waals surface area contributed by atoms with Crippen molar-refractivity contribution in [2.24, 2.45) is 23.7 Å². The fraction of sp³-hybridized carbons (Fsp3) is 0.567. The van der Waals surface area contributed by atoms with E-state index in [9.17, 15) is 14.4 Å². The molecule has 2 bridgehead atoms. The second-order valence-electron chi connectivity index (χ2n) is 11.6. The van der Waals surface area contributed by atoms with Crippen molar-refractivity contribution >= 4 is 23.4 Å². The Balaban J connectivity index is 1.40. The first-order valence-electron chi connectivity index (χ1n) is 13.7. The Bertz CT molecular complexity index is 1110. The molecule has 0 unspecified atom stereocenters. The van der Waals surface area contributed by atoms with Gasteiger partial charge in [0.15, 0.2) is 0 Å². The van der Waals surface area contributed by atoms with Crippen molar-refractivity contribution in [1.82, 2.24) is 10.2 Å². The maximum atomic E-state index is 13.8. The van der Waals surface area contributed by atoms with Gasteiger partial charge in [-0.2, -0.15) is 0 Å². The normalized spacial score (nSPS) is 36.1. The van der Waals surface area contributed by atoms with Gasteiger partial charge in [0.2, 0.25) is 17.7 Å². The van der Waals surface area contributed by atoms with Crippen molar-refractivity contribution in [2.45, 2.75) is 76.7 Å². The van der Waals surface area contributed by atoms with Crippen LogP contribution in [-0.4, -0.2) is 53.0 Å². The molecule has 1 spiro atoms. The minimum absolute atomic E-state index is 0.0582. The molecular weight excluding hydrogens is 466 g/mol. The zero-order valence-corrected chi connectivity index (χ0v) is 22.3. The summed E-state index contributed by atoms with van der Waals surface area (Å²) in [6, 6.07) is 6.99. The second kappa shape index (κ2) is 9.75. The molecule has 5 rings (SSSR count). The standard InChI is InChI=1S/C30H39N3O4/c1-6-16-33-26(28(35)32-22-9-7-8-18(4)19(22)5)30-15-14-23(37-30)24(25(30)29(33)36)27(34)31-21-12-10-20(11-13-21)17(2)3/h6,10-15,17-19,22-26H,1,7-9,16H2,2-5H3,(H,31,34)(H,32,35)/t18-,19+,22-,23+,24-,25+,26+,30+/m1/s1. The summed E-state index contributed by atoms with van der Waals surface area (Å²) in [5.74, 6) is -0.887. The molecule has 8 atom stereocenters. The number of hydrogen-bond acceptors (Lipinski definition) is 4. The molecule has 7 heteroatoms. The molecule has 2 N–H and O–H groups in total. The predicted molar refractivity (Wildman–Crippen MR) is 143 cm³/mol. The summed E-state index contributed by atoms with van der Waals surface area (Å²) in [6.45, 7) is 12.7. The highest BCUT2D eigenvalue weighted by molar-refractivity contribution is 6.02. The lowest BCUT2D eigenvalue weighted by atomic mass is 9.73. The van der Waals surface area contributed by atoms with E-state index in [0.717, 1.165) is 19.3 Å². The number of likely N-dealkylation sites (tertiary alicyclic amines) is 1. The molecule has 198 valence electrons. The highest BCUT2D eigenvalue weighted by atomic mass is 16.5. The van der Waals surface area contributed by atoms with E-state index in [2.05, 4.69) is 44.9 Å². The van der Waals surface area contributed by atoms with Gasteiger partial charge >= 0.3 is 0 Å². The molecule has 4 aliphatic rings. The molecule has 1 aromatic rings. The summed E-state index contributed by atoms with van der Waals surface area (Å²) in [5.41, 5.74) is 0.713. The van der Waals surface area contributed by atoms with Crippen molar-refractivity contribution < 1.29 is 19.1 Å². The number of carbonyl (C=O) groups excluding carboxylic acids is 3. The van der Waals surface area contributed by atoms with Crippen LogP contribution in [0.3, 0.4) is 0 Å². The van der Waals surface area contributed by atoms with Crippen LogP contribution in [0.1, 0.15) is 58.4 Å². The van der Waals surface area contributed by atoms with Crippen LogP contribution in [0.2, 0.25) is 0 Å². The highest BCUT2D eigenvalue weighted by Gasteiger charge is 2.72. The van der Waals surface area contributed by atoms with Gasteiger partial charge in [-0.3, -0.25) is 14.4 Å². The van der Waals surface area contributed by atoms with Crippen molar-refractivity contribution in [3.63, 3.8) is 0 Å². The number of nitrogens with one attached hydrogen (secondary N) is 2. The Kier molecular flexibility index (Phi) is 6.77. The third kappa shape index (κ3) is 4.21. The quantitative estimate of drug-likeness (QED) is 0.548. The molecule has 2 saturated heterocycles. The fourth-order valence-electron chi connectivity index (χ4n) is 6.83. The zero-order chi connectivity index (χ0) is 26.5. The molecule has 3 fully saturated rings. The average molecular weight is 506 g/mol. The van der Waals surface area contributed by atoms with E-state index in [1.54, 1.807) is 11.0 Å². The SMILES string of the molecule is C=CCN1C(=O)[C@@H]2[C@H](C(=O)Nc3ccc(C(C)C)cc3)[C@@H]3C=C[C@@]2(O3)[C@@H]1C(=O)N[C@@H]1CCC[C@@H](C)[C@@H]1C. The van der Waals surface area contributed by atoms with Crippen LogP contribution in [0.5, 0.6) is 0 Å². The van der Waals surface area contributed by atoms with Crippen molar-refractivity contribution in [3.8, 4) is 0 Å². The number of benzene rings is 1. The first-order chi connectivity index (χ1) is 17.7. The summed E-state index contributed by atoms with van der Waals surface area (Å²) in [5, 5.41) is 6.24. The largest absolute Gasteiger partial charge is 0.359 e. The summed E-state index contributed by atoms with van der Waals surface area (Å²) < 4.78 is 6.39. The summed E-state index contributed by atoms with van der Waals surface area (Å²) >= 11 is 0. The molecule has 3 aliphatic heterocycles. The van der Waals surface area contributed by atoms with E-state index in [1.165, 1.54) is 5.56 Å². The van der Waals surface area contributed by atoms with Gasteiger partial charge in [0.1, 0.15) is 11.6 Å². The number of ether oxygens (including phenoxy) is 1. The Morgan fingerprint density at radius 3 is 2.59 bits per heavy atom. The topological polar surface area (TPSA) is 87.7 Å². The van der Waals surface area contributed by atoms with Gasteiger partial charge in [-0.25, -0.2) is 0 Å². The van der Waals surface area contributed by atoms with E-state index in [4.69, 9.17) is 4.74 Å². The highest BCUT2D eigenvalue weighted by Crippen LogP contribution is 2.55. The number of amides is 3. The second-order valence-corrected chi connectivity index (χ2v) is 11.6. The van der Waals surface area contributed by atoms with Crippen LogP contribution in [0.15, 0.2) is 49.1 Å². The Labute approximate surface area is 219 Å². The maximum Gasteiger partial charge on any atom is 0.246 e. The van der Waals surface area contributed by atoms with Crippen molar-refractivity contribution in [1.29, 1.82) is 0 Å². The summed E-state index contributed by atoms with van der Waals surface area (Å²) in [6.07, 6.45) is 7.94. The molecule has 1 aliphatic carbocycles. The lowest BCUT2D eigenvalue weighted by molar-refractivity contribution is -0.141. The Hall–Kier alpha value is -2.93. The smallest absolute Gasteiger partial charge is 0.246 e. The first-order valence-corrected chi connectivity index (χ1v) is 13.7. The molecular formula is C30H39N3O4. The molecule has 3 amide bonds. The van der Waals surface area contributed by atoms with Crippen LogP contribution in [0.25, 0.3) is 0 Å². The third-order valence-electron chi connectivity index (χ3n) is 9.13. The van der Waals surface area contributed by atoms with Gasteiger partial charge in [0.05, 0.1) is 17.9 Å². The van der Waals surface area contributed by atoms with Crippen molar-refractivity contribution in [3.05, 3.63) is 54.6 Å². The third-order valence-corrected chi connectivity index (χ3v) is 9.13. The summed E-state index contributed by atoms with van der Waals surface area (Å²) in [7, 11) is 0. The van der Waals surface area contributed by atoms with Gasteiger partial charge < -0.3 is 20.3 Å². The molecule has 0 aromatic heterocycles. The van der Waals surface area contributed by atoms with Gasteiger partial charge in [-0.05, 0) is 41.9 Å². The van der Waals surface area contributed by atoms with Gasteiger partial charge in [0, 0.05) is 18.3 Å². The number of hydrogen-bond donors (Lipinski definition) is 2. The van der Waals surface area contributed by atoms with Gasteiger partial charge in [-0.15, -0.1) is 6.58 Å². The van der Waals surface area contributed by atoms with E-state index in [-0.39, 0.29) is 30.3 Å². The Morgan fingerprint density at radius 2 is 1.92 bits per heavy atom.